The van der Waals surface area contributed by atoms with Crippen molar-refractivity contribution < 1.29 is 27.8 Å². The third-order valence-electron chi connectivity index (χ3n) is 5.66. The zero-order valence-corrected chi connectivity index (χ0v) is 18.1. The Hall–Kier alpha value is -3.43. The number of carbonyl (C=O) groups is 1. The van der Waals surface area contributed by atoms with E-state index in [1.54, 1.807) is 19.1 Å². The monoisotopic (exact) mass is 462 g/mol. The molecule has 1 aliphatic carbocycles. The second-order valence-corrected chi connectivity index (χ2v) is 7.96. The second kappa shape index (κ2) is 10.5. The molecule has 0 atom stereocenters. The van der Waals surface area contributed by atoms with Crippen LogP contribution in [0.3, 0.4) is 0 Å². The lowest BCUT2D eigenvalue weighted by Gasteiger charge is -2.28. The molecule has 7 nitrogen and oxygen atoms in total. The Morgan fingerprint density at radius 2 is 2.03 bits per heavy atom. The fourth-order valence-corrected chi connectivity index (χ4v) is 3.72. The van der Waals surface area contributed by atoms with Gasteiger partial charge in [-0.15, -0.1) is 0 Å². The number of nitrogens with zero attached hydrogens (tertiary/aromatic N) is 3. The first-order valence-corrected chi connectivity index (χ1v) is 10.5. The van der Waals surface area contributed by atoms with Crippen LogP contribution in [0.2, 0.25) is 0 Å². The molecule has 0 amide bonds. The average molecular weight is 462 g/mol. The maximum absolute atomic E-state index is 12.7. The zero-order valence-electron chi connectivity index (χ0n) is 18.1. The Morgan fingerprint density at radius 3 is 2.64 bits per heavy atom. The van der Waals surface area contributed by atoms with Crippen molar-refractivity contribution in [3.8, 4) is 5.88 Å². The van der Waals surface area contributed by atoms with Crippen LogP contribution in [0.5, 0.6) is 5.88 Å². The second-order valence-electron chi connectivity index (χ2n) is 7.96. The number of carboxylic acids is 1. The van der Waals surface area contributed by atoms with Crippen molar-refractivity contribution in [2.24, 2.45) is 16.8 Å². The summed E-state index contributed by atoms with van der Waals surface area (Å²) in [4.78, 5) is 25.3. The summed E-state index contributed by atoms with van der Waals surface area (Å²) < 4.78 is 43.9. The number of pyridine rings is 1. The van der Waals surface area contributed by atoms with Crippen molar-refractivity contribution in [1.82, 2.24) is 15.0 Å². The van der Waals surface area contributed by atoms with E-state index in [4.69, 9.17) is 9.84 Å². The number of imidazole rings is 1. The highest BCUT2D eigenvalue weighted by atomic mass is 19.4. The SMILES string of the molecule is C=N/C(=C\C=C(/C)c1ncc(C(F)(F)F)[nH]1)C1CCC(COc2cc(C(=O)O)ccn2)CC1. The highest BCUT2D eigenvalue weighted by Crippen LogP contribution is 2.34. The van der Waals surface area contributed by atoms with Gasteiger partial charge in [0.15, 0.2) is 0 Å². The van der Waals surface area contributed by atoms with Crippen molar-refractivity contribution >= 4 is 18.3 Å². The third kappa shape index (κ3) is 6.53. The molecule has 1 fully saturated rings. The fraction of sp³-hybridized carbons (Fsp3) is 0.391. The summed E-state index contributed by atoms with van der Waals surface area (Å²) in [6.07, 6.45) is 4.72. The predicted octanol–water partition coefficient (Wildman–Crippen LogP) is 5.39. The molecule has 10 heteroatoms. The van der Waals surface area contributed by atoms with Gasteiger partial charge < -0.3 is 14.8 Å². The van der Waals surface area contributed by atoms with Gasteiger partial charge in [0.05, 0.1) is 18.4 Å². The van der Waals surface area contributed by atoms with Gasteiger partial charge in [-0.25, -0.2) is 14.8 Å². The van der Waals surface area contributed by atoms with Gasteiger partial charge in [-0.3, -0.25) is 4.99 Å². The third-order valence-corrected chi connectivity index (χ3v) is 5.66. The quantitative estimate of drug-likeness (QED) is 0.404. The molecule has 2 heterocycles. The smallest absolute Gasteiger partial charge is 0.432 e. The van der Waals surface area contributed by atoms with E-state index in [1.165, 1.54) is 18.3 Å². The summed E-state index contributed by atoms with van der Waals surface area (Å²) in [6.45, 7) is 5.77. The molecule has 0 bridgehead atoms. The van der Waals surface area contributed by atoms with E-state index < -0.39 is 17.8 Å². The molecule has 0 saturated heterocycles. The van der Waals surface area contributed by atoms with Crippen LogP contribution >= 0.6 is 0 Å². The van der Waals surface area contributed by atoms with Gasteiger partial charge in [-0.05, 0) is 63.0 Å². The Morgan fingerprint density at radius 1 is 1.30 bits per heavy atom. The molecule has 0 unspecified atom stereocenters. The lowest BCUT2D eigenvalue weighted by atomic mass is 9.80. The molecule has 0 radical (unpaired) electrons. The number of H-pyrrole nitrogens is 1. The zero-order chi connectivity index (χ0) is 24.0. The summed E-state index contributed by atoms with van der Waals surface area (Å²) >= 11 is 0. The van der Waals surface area contributed by atoms with Crippen LogP contribution in [-0.2, 0) is 6.18 Å². The number of hydrogen-bond acceptors (Lipinski definition) is 5. The van der Waals surface area contributed by atoms with Gasteiger partial charge >= 0.3 is 12.1 Å². The number of alkyl halides is 3. The van der Waals surface area contributed by atoms with Gasteiger partial charge in [0.2, 0.25) is 5.88 Å². The molecule has 3 rings (SSSR count). The summed E-state index contributed by atoms with van der Waals surface area (Å²) in [5, 5.41) is 9.05. The number of aliphatic imine (C=N–C) groups is 1. The van der Waals surface area contributed by atoms with Crippen LogP contribution < -0.4 is 4.74 Å². The van der Waals surface area contributed by atoms with Gasteiger partial charge in [-0.2, -0.15) is 13.2 Å². The van der Waals surface area contributed by atoms with E-state index in [9.17, 15) is 18.0 Å². The molecule has 2 aromatic heterocycles. The molecule has 2 aromatic rings. The summed E-state index contributed by atoms with van der Waals surface area (Å²) in [5.41, 5.74) is 0.585. The highest BCUT2D eigenvalue weighted by Gasteiger charge is 2.33. The summed E-state index contributed by atoms with van der Waals surface area (Å²) in [7, 11) is 0. The van der Waals surface area contributed by atoms with E-state index >= 15 is 0 Å². The molecule has 1 saturated carbocycles. The number of allylic oxidation sites excluding steroid dienone is 4. The van der Waals surface area contributed by atoms with Crippen molar-refractivity contribution in [3.63, 3.8) is 0 Å². The van der Waals surface area contributed by atoms with Crippen LogP contribution in [0.4, 0.5) is 13.2 Å². The van der Waals surface area contributed by atoms with Crippen molar-refractivity contribution in [1.29, 1.82) is 0 Å². The van der Waals surface area contributed by atoms with Crippen LogP contribution in [-0.4, -0.2) is 39.4 Å². The summed E-state index contributed by atoms with van der Waals surface area (Å²) in [6, 6.07) is 2.82. The van der Waals surface area contributed by atoms with Crippen molar-refractivity contribution in [2.45, 2.75) is 38.8 Å². The maximum Gasteiger partial charge on any atom is 0.432 e. The van der Waals surface area contributed by atoms with E-state index in [2.05, 4.69) is 26.7 Å². The number of ether oxygens (including phenoxy) is 1. The van der Waals surface area contributed by atoms with Gasteiger partial charge in [0, 0.05) is 23.9 Å². The number of aromatic carboxylic acids is 1. The number of nitrogens with one attached hydrogen (secondary N) is 1. The van der Waals surface area contributed by atoms with Crippen LogP contribution in [0.15, 0.2) is 47.4 Å². The maximum atomic E-state index is 12.7. The Balaban J connectivity index is 1.55. The molecule has 0 aromatic carbocycles. The minimum absolute atomic E-state index is 0.128. The average Bonchev–Trinajstić information content (AvgIpc) is 3.30. The largest absolute Gasteiger partial charge is 0.478 e. The van der Waals surface area contributed by atoms with E-state index in [1.807, 2.05) is 0 Å². The molecule has 0 spiro atoms. The Labute approximate surface area is 189 Å². The Bertz CT molecular complexity index is 1050. The van der Waals surface area contributed by atoms with Crippen LogP contribution in [0.1, 0.15) is 54.5 Å². The minimum atomic E-state index is -4.47. The van der Waals surface area contributed by atoms with E-state index in [0.29, 0.717) is 18.1 Å². The number of rotatable bonds is 8. The molecule has 0 aliphatic heterocycles. The molecule has 176 valence electrons. The number of aromatic amines is 1. The number of aromatic nitrogens is 3. The van der Waals surface area contributed by atoms with Crippen LogP contribution in [0, 0.1) is 11.8 Å². The fourth-order valence-electron chi connectivity index (χ4n) is 3.72. The molecular weight excluding hydrogens is 437 g/mol. The molecule has 1 aliphatic rings. The molecule has 33 heavy (non-hydrogen) atoms. The topological polar surface area (TPSA) is 100 Å². The van der Waals surface area contributed by atoms with Gasteiger partial charge in [0.25, 0.3) is 0 Å². The number of halogens is 3. The molecular formula is C23H25F3N4O3. The molecule has 2 N–H and O–H groups in total. The highest BCUT2D eigenvalue weighted by molar-refractivity contribution is 5.87. The lowest BCUT2D eigenvalue weighted by Crippen LogP contribution is -2.21. The van der Waals surface area contributed by atoms with Crippen molar-refractivity contribution in [3.05, 3.63) is 59.5 Å². The van der Waals surface area contributed by atoms with Crippen LogP contribution in [0.25, 0.3) is 5.57 Å². The summed E-state index contributed by atoms with van der Waals surface area (Å²) in [5.74, 6) is -0.0838. The predicted molar refractivity (Wildman–Crippen MR) is 117 cm³/mol. The minimum Gasteiger partial charge on any atom is -0.478 e. The first-order chi connectivity index (χ1) is 15.7. The first-order valence-electron chi connectivity index (χ1n) is 10.5. The normalized spacial score (nSPS) is 19.9. The standard InChI is InChI=1S/C23H25F3N4O3/c1-14(21-29-12-19(30-21)23(24,25)26)3-8-18(27-2)16-6-4-15(5-7-16)13-33-20-11-17(22(31)32)9-10-28-20/h3,8-12,15-16H,2,4-7,13H2,1H3,(H,29,30)(H,31,32)/b14-3+,18-8-. The van der Waals surface area contributed by atoms with Gasteiger partial charge in [-0.1, -0.05) is 6.08 Å². The van der Waals surface area contributed by atoms with E-state index in [0.717, 1.165) is 37.6 Å². The lowest BCUT2D eigenvalue weighted by molar-refractivity contribution is -0.140. The number of hydrogen-bond donors (Lipinski definition) is 2. The van der Waals surface area contributed by atoms with E-state index in [-0.39, 0.29) is 23.2 Å². The Kier molecular flexibility index (Phi) is 7.67. The van der Waals surface area contributed by atoms with Gasteiger partial charge in [0.1, 0.15) is 11.5 Å². The first kappa shape index (κ1) is 24.2. The number of carboxylic acid groups (broad SMARTS) is 1. The van der Waals surface area contributed by atoms with Crippen molar-refractivity contribution in [2.75, 3.05) is 6.61 Å².